The molecule has 4 atom stereocenters. The van der Waals surface area contributed by atoms with Crippen molar-refractivity contribution in [3.05, 3.63) is 60.2 Å². The Kier molecular flexibility index (Phi) is 6.14. The highest BCUT2D eigenvalue weighted by Gasteiger charge is 2.51. The zero-order valence-corrected chi connectivity index (χ0v) is 20.0. The first kappa shape index (κ1) is 22.6. The first-order valence-corrected chi connectivity index (χ1v) is 12.8. The summed E-state index contributed by atoms with van der Waals surface area (Å²) in [5.74, 6) is -2.33. The van der Waals surface area contributed by atoms with Crippen molar-refractivity contribution in [2.24, 2.45) is 23.7 Å². The van der Waals surface area contributed by atoms with Gasteiger partial charge in [-0.1, -0.05) is 42.1 Å². The average molecular weight is 494 g/mol. The van der Waals surface area contributed by atoms with E-state index in [1.807, 2.05) is 55.5 Å². The van der Waals surface area contributed by atoms with Gasteiger partial charge in [0.05, 0.1) is 27.8 Å². The van der Waals surface area contributed by atoms with Gasteiger partial charge in [-0.25, -0.2) is 4.98 Å². The number of fused-ring (bicyclic) bond motifs is 3. The van der Waals surface area contributed by atoms with Crippen LogP contribution in [0.1, 0.15) is 12.0 Å². The summed E-state index contributed by atoms with van der Waals surface area (Å²) in [4.78, 5) is 41.6. The Hall–Kier alpha value is -3.17. The normalized spacial score (nSPS) is 22.7. The van der Waals surface area contributed by atoms with Gasteiger partial charge >= 0.3 is 5.97 Å². The summed E-state index contributed by atoms with van der Waals surface area (Å²) in [7, 11) is 0. The van der Waals surface area contributed by atoms with Crippen LogP contribution in [0.5, 0.6) is 0 Å². The van der Waals surface area contributed by atoms with Crippen molar-refractivity contribution in [1.29, 1.82) is 0 Å². The molecule has 2 aliphatic carbocycles. The van der Waals surface area contributed by atoms with Crippen LogP contribution in [0.4, 0.5) is 11.4 Å². The molecule has 2 aromatic carbocycles. The number of anilines is 2. The van der Waals surface area contributed by atoms with Crippen LogP contribution in [0.25, 0.3) is 10.2 Å². The molecular weight excluding hydrogens is 470 g/mol. The molecular formula is C25H23N3O4S2. The van der Waals surface area contributed by atoms with E-state index in [1.165, 1.54) is 23.1 Å². The van der Waals surface area contributed by atoms with Gasteiger partial charge < -0.3 is 15.7 Å². The summed E-state index contributed by atoms with van der Waals surface area (Å²) >= 11 is 2.82. The number of thioether (sulfide) groups is 1. The van der Waals surface area contributed by atoms with E-state index >= 15 is 0 Å². The molecule has 2 amide bonds. The van der Waals surface area contributed by atoms with E-state index in [-0.39, 0.29) is 29.4 Å². The number of rotatable bonds is 7. The molecule has 1 aromatic heterocycles. The lowest BCUT2D eigenvalue weighted by Crippen LogP contribution is -2.36. The number of carbonyl (C=O) groups is 3. The van der Waals surface area contributed by atoms with Gasteiger partial charge in [-0.15, -0.1) is 11.3 Å². The van der Waals surface area contributed by atoms with Crippen molar-refractivity contribution in [3.8, 4) is 0 Å². The Labute approximate surface area is 204 Å². The van der Waals surface area contributed by atoms with Crippen LogP contribution < -0.4 is 10.6 Å². The number of carbonyl (C=O) groups excluding carboxylic acids is 2. The molecule has 7 nitrogen and oxygen atoms in total. The van der Waals surface area contributed by atoms with Gasteiger partial charge in [0.2, 0.25) is 11.8 Å². The molecule has 2 bridgehead atoms. The van der Waals surface area contributed by atoms with Crippen LogP contribution in [0.15, 0.2) is 59.0 Å². The van der Waals surface area contributed by atoms with Gasteiger partial charge in [0.15, 0.2) is 4.34 Å². The van der Waals surface area contributed by atoms with Gasteiger partial charge in [-0.3, -0.25) is 14.4 Å². The molecule has 1 saturated carbocycles. The van der Waals surface area contributed by atoms with Crippen LogP contribution in [-0.4, -0.2) is 33.6 Å². The second-order valence-corrected chi connectivity index (χ2v) is 10.9. The third-order valence-electron chi connectivity index (χ3n) is 6.43. The smallest absolute Gasteiger partial charge is 0.307 e. The van der Waals surface area contributed by atoms with E-state index in [1.54, 1.807) is 6.07 Å². The SMILES string of the molecule is Cc1ccccc1NC(=O)CSc1nc2ccc(NC(=O)[C@@H]3[C@H](C(=O)O)[C@H]4C=C[C@H]3C4)cc2s1. The number of thiazole rings is 1. The molecule has 5 rings (SSSR count). The molecule has 0 aliphatic heterocycles. The summed E-state index contributed by atoms with van der Waals surface area (Å²) in [5.41, 5.74) is 3.21. The molecule has 0 saturated heterocycles. The van der Waals surface area contributed by atoms with E-state index < -0.39 is 17.8 Å². The maximum atomic E-state index is 12.9. The third kappa shape index (κ3) is 4.45. The maximum Gasteiger partial charge on any atom is 0.307 e. The monoisotopic (exact) mass is 493 g/mol. The van der Waals surface area contributed by atoms with Crippen molar-refractivity contribution >= 4 is 62.5 Å². The lowest BCUT2D eigenvalue weighted by Gasteiger charge is -2.23. The van der Waals surface area contributed by atoms with E-state index in [4.69, 9.17) is 0 Å². The minimum absolute atomic E-state index is 0.0212. The lowest BCUT2D eigenvalue weighted by atomic mass is 9.82. The number of para-hydroxylation sites is 1. The molecule has 0 spiro atoms. The zero-order valence-electron chi connectivity index (χ0n) is 18.4. The quantitative estimate of drug-likeness (QED) is 0.322. The van der Waals surface area contributed by atoms with Crippen LogP contribution in [-0.2, 0) is 14.4 Å². The highest BCUT2D eigenvalue weighted by atomic mass is 32.2. The van der Waals surface area contributed by atoms with Crippen LogP contribution in [0.3, 0.4) is 0 Å². The minimum Gasteiger partial charge on any atom is -0.481 e. The highest BCUT2D eigenvalue weighted by Crippen LogP contribution is 2.48. The fourth-order valence-corrected chi connectivity index (χ4v) is 6.72. The highest BCUT2D eigenvalue weighted by molar-refractivity contribution is 8.01. The number of carboxylic acid groups (broad SMARTS) is 1. The number of allylic oxidation sites excluding steroid dienone is 2. The second kappa shape index (κ2) is 9.23. The Bertz CT molecular complexity index is 1320. The fraction of sp³-hybridized carbons (Fsp3) is 0.280. The summed E-state index contributed by atoms with van der Waals surface area (Å²) in [6.45, 7) is 1.95. The largest absolute Gasteiger partial charge is 0.481 e. The molecule has 9 heteroatoms. The number of nitrogens with one attached hydrogen (secondary N) is 2. The van der Waals surface area contributed by atoms with Crippen molar-refractivity contribution in [1.82, 2.24) is 4.98 Å². The second-order valence-electron chi connectivity index (χ2n) is 8.64. The number of benzene rings is 2. The summed E-state index contributed by atoms with van der Waals surface area (Å²) in [6, 6.07) is 13.1. The lowest BCUT2D eigenvalue weighted by molar-refractivity contribution is -0.146. The number of hydrogen-bond donors (Lipinski definition) is 3. The first-order chi connectivity index (χ1) is 16.4. The van der Waals surface area contributed by atoms with Crippen LogP contribution in [0, 0.1) is 30.6 Å². The molecule has 0 radical (unpaired) electrons. The fourth-order valence-electron chi connectivity index (χ4n) is 4.81. The molecule has 174 valence electrons. The standard InChI is InChI=1S/C25H23N3O4S2/c1-13-4-2-3-5-17(13)27-20(29)12-33-25-28-18-9-8-16(11-19(18)34-25)26-23(30)21-14-6-7-15(10-14)22(21)24(31)32/h2-9,11,14-15,21-22H,10,12H2,1H3,(H,26,30)(H,27,29)(H,31,32)/t14-,15-,21-,22+/m0/s1. The Morgan fingerprint density at radius 3 is 2.62 bits per heavy atom. The Balaban J connectivity index is 1.23. The van der Waals surface area contributed by atoms with E-state index in [9.17, 15) is 19.5 Å². The molecule has 3 aromatic rings. The Morgan fingerprint density at radius 2 is 1.85 bits per heavy atom. The maximum absolute atomic E-state index is 12.9. The number of hydrogen-bond acceptors (Lipinski definition) is 6. The van der Waals surface area contributed by atoms with E-state index in [0.29, 0.717) is 5.69 Å². The van der Waals surface area contributed by atoms with Crippen molar-refractivity contribution in [3.63, 3.8) is 0 Å². The van der Waals surface area contributed by atoms with Gasteiger partial charge in [-0.2, -0.15) is 0 Å². The molecule has 0 unspecified atom stereocenters. The van der Waals surface area contributed by atoms with Crippen molar-refractivity contribution in [2.75, 3.05) is 16.4 Å². The van der Waals surface area contributed by atoms with E-state index in [0.717, 1.165) is 32.2 Å². The molecule has 1 fully saturated rings. The molecule has 2 aliphatic rings. The molecule has 1 heterocycles. The predicted octanol–water partition coefficient (Wildman–Crippen LogP) is 4.80. The zero-order chi connectivity index (χ0) is 23.8. The third-order valence-corrected chi connectivity index (χ3v) is 8.59. The topological polar surface area (TPSA) is 108 Å². The molecule has 3 N–H and O–H groups in total. The van der Waals surface area contributed by atoms with E-state index in [2.05, 4.69) is 15.6 Å². The van der Waals surface area contributed by atoms with Crippen molar-refractivity contribution < 1.29 is 19.5 Å². The number of aryl methyl sites for hydroxylation is 1. The summed E-state index contributed by atoms with van der Waals surface area (Å²) in [6.07, 6.45) is 4.62. The number of carboxylic acids is 1. The minimum atomic E-state index is -0.914. The Morgan fingerprint density at radius 1 is 1.09 bits per heavy atom. The molecule has 34 heavy (non-hydrogen) atoms. The van der Waals surface area contributed by atoms with Crippen molar-refractivity contribution in [2.45, 2.75) is 17.7 Å². The number of aromatic nitrogens is 1. The van der Waals surface area contributed by atoms with Gasteiger partial charge in [-0.05, 0) is 55.0 Å². The number of nitrogens with zero attached hydrogens (tertiary/aromatic N) is 1. The van der Waals surface area contributed by atoms with Gasteiger partial charge in [0.1, 0.15) is 0 Å². The number of aliphatic carboxylic acids is 1. The average Bonchev–Trinajstić information content (AvgIpc) is 3.53. The van der Waals surface area contributed by atoms with Crippen LogP contribution >= 0.6 is 23.1 Å². The summed E-state index contributed by atoms with van der Waals surface area (Å²) in [5, 5.41) is 15.4. The van der Waals surface area contributed by atoms with Crippen LogP contribution in [0.2, 0.25) is 0 Å². The summed E-state index contributed by atoms with van der Waals surface area (Å²) < 4.78 is 1.66. The number of amides is 2. The first-order valence-electron chi connectivity index (χ1n) is 11.0. The predicted molar refractivity (Wildman–Crippen MR) is 134 cm³/mol. The van der Waals surface area contributed by atoms with Gasteiger partial charge in [0.25, 0.3) is 0 Å². The van der Waals surface area contributed by atoms with Gasteiger partial charge in [0, 0.05) is 11.4 Å².